The van der Waals surface area contributed by atoms with Crippen molar-refractivity contribution in [3.05, 3.63) is 29.3 Å². The van der Waals surface area contributed by atoms with E-state index in [2.05, 4.69) is 0 Å². The van der Waals surface area contributed by atoms with Crippen molar-refractivity contribution in [3.63, 3.8) is 0 Å². The average Bonchev–Trinajstić information content (AvgIpc) is 3.10. The van der Waals surface area contributed by atoms with Gasteiger partial charge >= 0.3 is 6.18 Å². The molecule has 0 amide bonds. The lowest BCUT2D eigenvalue weighted by Crippen LogP contribution is -2.19. The molecule has 1 aliphatic carbocycles. The summed E-state index contributed by atoms with van der Waals surface area (Å²) in [6.45, 7) is 0. The molecule has 94 valence electrons. The monoisotopic (exact) mass is 245 g/mol. The fourth-order valence-corrected chi connectivity index (χ4v) is 1.91. The van der Waals surface area contributed by atoms with Crippen LogP contribution in [0.2, 0.25) is 0 Å². The Morgan fingerprint density at radius 2 is 2.00 bits per heavy atom. The number of rotatable bonds is 3. The molecular formula is C12H14F3NO. The molecule has 0 aliphatic heterocycles. The van der Waals surface area contributed by atoms with E-state index in [9.17, 15) is 13.2 Å². The average molecular weight is 245 g/mol. The van der Waals surface area contributed by atoms with E-state index in [-0.39, 0.29) is 17.2 Å². The second-order valence-electron chi connectivity index (χ2n) is 4.31. The van der Waals surface area contributed by atoms with Gasteiger partial charge in [0.15, 0.2) is 0 Å². The topological polar surface area (TPSA) is 35.2 Å². The number of ether oxygens (including phenoxy) is 1. The number of hydrogen-bond acceptors (Lipinski definition) is 2. The van der Waals surface area contributed by atoms with Crippen LogP contribution >= 0.6 is 0 Å². The molecule has 2 nitrogen and oxygen atoms in total. The Kier molecular flexibility index (Phi) is 3.03. The van der Waals surface area contributed by atoms with Crippen molar-refractivity contribution >= 4 is 0 Å². The number of alkyl halides is 3. The molecule has 0 aromatic heterocycles. The first kappa shape index (κ1) is 12.2. The lowest BCUT2D eigenvalue weighted by molar-refractivity contribution is -0.138. The van der Waals surface area contributed by atoms with Gasteiger partial charge in [-0.25, -0.2) is 0 Å². The van der Waals surface area contributed by atoms with Gasteiger partial charge in [0, 0.05) is 6.04 Å². The van der Waals surface area contributed by atoms with Crippen molar-refractivity contribution in [3.8, 4) is 5.75 Å². The molecule has 0 saturated heterocycles. The molecule has 17 heavy (non-hydrogen) atoms. The SMILES string of the molecule is COc1ccc([C@@H](N)C2CC2)c(C(F)(F)F)c1. The molecule has 1 fully saturated rings. The summed E-state index contributed by atoms with van der Waals surface area (Å²) in [6, 6.07) is 3.42. The minimum atomic E-state index is -4.39. The molecule has 0 radical (unpaired) electrons. The highest BCUT2D eigenvalue weighted by Gasteiger charge is 2.38. The van der Waals surface area contributed by atoms with Crippen LogP contribution < -0.4 is 10.5 Å². The fraction of sp³-hybridized carbons (Fsp3) is 0.500. The molecule has 5 heteroatoms. The third-order valence-corrected chi connectivity index (χ3v) is 3.05. The van der Waals surface area contributed by atoms with Crippen LogP contribution in [0, 0.1) is 5.92 Å². The van der Waals surface area contributed by atoms with Crippen molar-refractivity contribution in [1.82, 2.24) is 0 Å². The molecule has 1 aromatic rings. The van der Waals surface area contributed by atoms with Gasteiger partial charge in [0.2, 0.25) is 0 Å². The van der Waals surface area contributed by atoms with E-state index in [0.29, 0.717) is 0 Å². The predicted molar refractivity (Wildman–Crippen MR) is 57.6 cm³/mol. The highest BCUT2D eigenvalue weighted by molar-refractivity contribution is 5.39. The van der Waals surface area contributed by atoms with Crippen LogP contribution in [0.25, 0.3) is 0 Å². The van der Waals surface area contributed by atoms with Crippen molar-refractivity contribution in [1.29, 1.82) is 0 Å². The van der Waals surface area contributed by atoms with Gasteiger partial charge in [-0.2, -0.15) is 13.2 Å². The maximum atomic E-state index is 12.9. The maximum absolute atomic E-state index is 12.9. The number of nitrogens with two attached hydrogens (primary N) is 1. The van der Waals surface area contributed by atoms with Crippen molar-refractivity contribution < 1.29 is 17.9 Å². The summed E-state index contributed by atoms with van der Waals surface area (Å²) in [6.07, 6.45) is -2.58. The third kappa shape index (κ3) is 2.54. The largest absolute Gasteiger partial charge is 0.497 e. The highest BCUT2D eigenvalue weighted by Crippen LogP contribution is 2.44. The van der Waals surface area contributed by atoms with Gasteiger partial charge in [0.05, 0.1) is 12.7 Å². The number of halogens is 3. The second kappa shape index (κ2) is 4.22. The maximum Gasteiger partial charge on any atom is 0.416 e. The first-order chi connectivity index (χ1) is 7.93. The van der Waals surface area contributed by atoms with Gasteiger partial charge in [0.25, 0.3) is 0 Å². The smallest absolute Gasteiger partial charge is 0.416 e. The molecule has 1 aliphatic rings. The van der Waals surface area contributed by atoms with E-state index in [1.165, 1.54) is 19.2 Å². The van der Waals surface area contributed by atoms with Crippen LogP contribution in [0.3, 0.4) is 0 Å². The zero-order valence-electron chi connectivity index (χ0n) is 9.42. The molecule has 2 N–H and O–H groups in total. The summed E-state index contributed by atoms with van der Waals surface area (Å²) in [4.78, 5) is 0. The van der Waals surface area contributed by atoms with Gasteiger partial charge in [-0.3, -0.25) is 0 Å². The predicted octanol–water partition coefficient (Wildman–Crippen LogP) is 3.12. The molecule has 2 rings (SSSR count). The zero-order valence-corrected chi connectivity index (χ0v) is 9.42. The van der Waals surface area contributed by atoms with Crippen LogP contribution in [-0.2, 0) is 6.18 Å². The Morgan fingerprint density at radius 3 is 2.47 bits per heavy atom. The summed E-state index contributed by atoms with van der Waals surface area (Å²) in [5, 5.41) is 0. The summed E-state index contributed by atoms with van der Waals surface area (Å²) >= 11 is 0. The van der Waals surface area contributed by atoms with E-state index < -0.39 is 17.8 Å². The standard InChI is InChI=1S/C12H14F3NO/c1-17-8-4-5-9(11(16)7-2-3-7)10(6-8)12(13,14)15/h4-7,11H,2-3,16H2,1H3/t11-/m0/s1. The molecule has 1 saturated carbocycles. The van der Waals surface area contributed by atoms with Gasteiger partial charge in [-0.1, -0.05) is 6.07 Å². The molecule has 1 aromatic carbocycles. The van der Waals surface area contributed by atoms with E-state index in [1.54, 1.807) is 0 Å². The summed E-state index contributed by atoms with van der Waals surface area (Å²) in [5.41, 5.74) is 5.33. The molecular weight excluding hydrogens is 231 g/mol. The zero-order chi connectivity index (χ0) is 12.6. The Bertz CT molecular complexity index is 413. The third-order valence-electron chi connectivity index (χ3n) is 3.05. The number of hydrogen-bond donors (Lipinski definition) is 1. The van der Waals surface area contributed by atoms with E-state index in [0.717, 1.165) is 18.9 Å². The molecule has 0 spiro atoms. The lowest BCUT2D eigenvalue weighted by atomic mass is 9.97. The van der Waals surface area contributed by atoms with Crippen molar-refractivity contribution in [2.24, 2.45) is 11.7 Å². The molecule has 0 heterocycles. The minimum absolute atomic E-state index is 0.167. The van der Waals surface area contributed by atoms with Gasteiger partial charge < -0.3 is 10.5 Å². The normalized spacial score (nSPS) is 17.9. The Balaban J connectivity index is 2.42. The van der Waals surface area contributed by atoms with Gasteiger partial charge in [-0.15, -0.1) is 0 Å². The van der Waals surface area contributed by atoms with E-state index in [4.69, 9.17) is 10.5 Å². The number of methoxy groups -OCH3 is 1. The Labute approximate surface area is 97.6 Å². The van der Waals surface area contributed by atoms with Crippen LogP contribution in [0.4, 0.5) is 13.2 Å². The van der Waals surface area contributed by atoms with Crippen molar-refractivity contribution in [2.75, 3.05) is 7.11 Å². The minimum Gasteiger partial charge on any atom is -0.497 e. The van der Waals surface area contributed by atoms with Crippen LogP contribution in [0.5, 0.6) is 5.75 Å². The molecule has 0 bridgehead atoms. The highest BCUT2D eigenvalue weighted by atomic mass is 19.4. The van der Waals surface area contributed by atoms with E-state index in [1.807, 2.05) is 0 Å². The lowest BCUT2D eigenvalue weighted by Gasteiger charge is -2.18. The first-order valence-electron chi connectivity index (χ1n) is 5.44. The summed E-state index contributed by atoms with van der Waals surface area (Å²) in [7, 11) is 1.34. The number of benzene rings is 1. The molecule has 0 unspecified atom stereocenters. The van der Waals surface area contributed by atoms with Crippen LogP contribution in [0.15, 0.2) is 18.2 Å². The fourth-order valence-electron chi connectivity index (χ4n) is 1.91. The van der Waals surface area contributed by atoms with Gasteiger partial charge in [0.1, 0.15) is 5.75 Å². The second-order valence-corrected chi connectivity index (χ2v) is 4.31. The first-order valence-corrected chi connectivity index (χ1v) is 5.44. The van der Waals surface area contributed by atoms with Crippen molar-refractivity contribution in [2.45, 2.75) is 25.1 Å². The summed E-state index contributed by atoms with van der Waals surface area (Å²) in [5.74, 6) is 0.383. The Morgan fingerprint density at radius 1 is 1.35 bits per heavy atom. The quantitative estimate of drug-likeness (QED) is 0.888. The van der Waals surface area contributed by atoms with Crippen LogP contribution in [-0.4, -0.2) is 7.11 Å². The Hall–Kier alpha value is -1.23. The van der Waals surface area contributed by atoms with Crippen LogP contribution in [0.1, 0.15) is 30.0 Å². The summed E-state index contributed by atoms with van der Waals surface area (Å²) < 4.78 is 43.5. The van der Waals surface area contributed by atoms with Gasteiger partial charge in [-0.05, 0) is 36.5 Å². The molecule has 1 atom stereocenters. The van der Waals surface area contributed by atoms with E-state index >= 15 is 0 Å².